The van der Waals surface area contributed by atoms with Gasteiger partial charge in [-0.15, -0.1) is 0 Å². The Labute approximate surface area is 164 Å². The molecule has 1 aliphatic rings. The van der Waals surface area contributed by atoms with Crippen LogP contribution in [0.4, 0.5) is 0 Å². The Kier molecular flexibility index (Phi) is 8.79. The van der Waals surface area contributed by atoms with Gasteiger partial charge in [-0.2, -0.15) is 0 Å². The molecular weight excluding hydrogens is 338 g/mol. The van der Waals surface area contributed by atoms with Crippen LogP contribution in [0, 0.1) is 5.92 Å². The van der Waals surface area contributed by atoms with Gasteiger partial charge in [0.1, 0.15) is 6.04 Å². The number of hydrogen-bond acceptors (Lipinski definition) is 3. The third-order valence-electron chi connectivity index (χ3n) is 5.12. The SMILES string of the molecule is CC(C)C[C@H](NC(=O)CCCCc1ccccc1)C(=O)N1CCN(C)CC1. The zero-order valence-corrected chi connectivity index (χ0v) is 17.1. The summed E-state index contributed by atoms with van der Waals surface area (Å²) >= 11 is 0. The third kappa shape index (κ3) is 7.71. The average Bonchev–Trinajstić information content (AvgIpc) is 2.65. The molecule has 0 spiro atoms. The Morgan fingerprint density at radius 1 is 1.04 bits per heavy atom. The summed E-state index contributed by atoms with van der Waals surface area (Å²) in [7, 11) is 2.07. The number of amides is 2. The molecule has 0 aliphatic carbocycles. The molecule has 27 heavy (non-hydrogen) atoms. The Hall–Kier alpha value is -1.88. The molecule has 5 nitrogen and oxygen atoms in total. The van der Waals surface area contributed by atoms with Gasteiger partial charge in [0.05, 0.1) is 0 Å². The lowest BCUT2D eigenvalue weighted by Crippen LogP contribution is -2.54. The molecule has 1 heterocycles. The van der Waals surface area contributed by atoms with E-state index in [1.807, 2.05) is 23.1 Å². The van der Waals surface area contributed by atoms with E-state index in [2.05, 4.69) is 43.2 Å². The van der Waals surface area contributed by atoms with Crippen molar-refractivity contribution < 1.29 is 9.59 Å². The summed E-state index contributed by atoms with van der Waals surface area (Å²) in [5.74, 6) is 0.440. The van der Waals surface area contributed by atoms with Crippen molar-refractivity contribution in [3.05, 3.63) is 35.9 Å². The maximum Gasteiger partial charge on any atom is 0.245 e. The second kappa shape index (κ2) is 11.1. The van der Waals surface area contributed by atoms with Gasteiger partial charge in [0.15, 0.2) is 0 Å². The third-order valence-corrected chi connectivity index (χ3v) is 5.12. The van der Waals surface area contributed by atoms with Crippen LogP contribution >= 0.6 is 0 Å². The Bertz CT molecular complexity index is 580. The van der Waals surface area contributed by atoms with Crippen LogP contribution in [0.1, 0.15) is 45.1 Å². The number of rotatable bonds is 9. The quantitative estimate of drug-likeness (QED) is 0.677. The van der Waals surface area contributed by atoms with E-state index < -0.39 is 6.04 Å². The molecule has 0 bridgehead atoms. The van der Waals surface area contributed by atoms with Gasteiger partial charge in [0, 0.05) is 32.6 Å². The van der Waals surface area contributed by atoms with Crippen LogP contribution in [-0.2, 0) is 16.0 Å². The number of unbranched alkanes of at least 4 members (excludes halogenated alkanes) is 1. The maximum atomic E-state index is 12.9. The molecule has 1 aromatic carbocycles. The number of carbonyl (C=O) groups excluding carboxylic acids is 2. The molecule has 0 saturated carbocycles. The zero-order valence-electron chi connectivity index (χ0n) is 17.1. The summed E-state index contributed by atoms with van der Waals surface area (Å²) in [4.78, 5) is 29.4. The first-order chi connectivity index (χ1) is 13.0. The van der Waals surface area contributed by atoms with Crippen LogP contribution < -0.4 is 5.32 Å². The highest BCUT2D eigenvalue weighted by molar-refractivity contribution is 5.87. The Morgan fingerprint density at radius 2 is 1.70 bits per heavy atom. The van der Waals surface area contributed by atoms with Crippen LogP contribution in [0.15, 0.2) is 30.3 Å². The van der Waals surface area contributed by atoms with Crippen molar-refractivity contribution in [2.75, 3.05) is 33.2 Å². The van der Waals surface area contributed by atoms with E-state index in [1.165, 1.54) is 5.56 Å². The molecule has 2 amide bonds. The number of piperazine rings is 1. The van der Waals surface area contributed by atoms with Crippen molar-refractivity contribution in [1.29, 1.82) is 0 Å². The summed E-state index contributed by atoms with van der Waals surface area (Å²) < 4.78 is 0. The number of likely N-dealkylation sites (N-methyl/N-ethyl adjacent to an activating group) is 1. The van der Waals surface area contributed by atoms with Crippen molar-refractivity contribution in [3.8, 4) is 0 Å². The predicted octanol–water partition coefficient (Wildman–Crippen LogP) is 2.70. The number of nitrogens with zero attached hydrogens (tertiary/aromatic N) is 2. The fraction of sp³-hybridized carbons (Fsp3) is 0.636. The standard InChI is InChI=1S/C22H35N3O2/c1-18(2)17-20(22(27)25-15-13-24(3)14-16-25)23-21(26)12-8-7-11-19-9-5-4-6-10-19/h4-6,9-10,18,20H,7-8,11-17H2,1-3H3,(H,23,26)/t20-/m0/s1. The highest BCUT2D eigenvalue weighted by Gasteiger charge is 2.28. The molecule has 0 unspecified atom stereocenters. The highest BCUT2D eigenvalue weighted by atomic mass is 16.2. The second-order valence-corrected chi connectivity index (χ2v) is 8.07. The Morgan fingerprint density at radius 3 is 2.33 bits per heavy atom. The smallest absolute Gasteiger partial charge is 0.245 e. The van der Waals surface area contributed by atoms with Gasteiger partial charge in [0.2, 0.25) is 11.8 Å². The molecule has 1 aromatic rings. The van der Waals surface area contributed by atoms with E-state index in [0.717, 1.165) is 45.4 Å². The monoisotopic (exact) mass is 373 g/mol. The van der Waals surface area contributed by atoms with Gasteiger partial charge < -0.3 is 15.1 Å². The van der Waals surface area contributed by atoms with E-state index in [-0.39, 0.29) is 11.8 Å². The van der Waals surface area contributed by atoms with E-state index in [4.69, 9.17) is 0 Å². The molecule has 0 aromatic heterocycles. The normalized spacial score (nSPS) is 16.4. The summed E-state index contributed by atoms with van der Waals surface area (Å²) in [6.07, 6.45) is 4.00. The van der Waals surface area contributed by atoms with Crippen molar-refractivity contribution in [1.82, 2.24) is 15.1 Å². The molecule has 1 N–H and O–H groups in total. The van der Waals surface area contributed by atoms with Gasteiger partial charge in [-0.3, -0.25) is 9.59 Å². The lowest BCUT2D eigenvalue weighted by Gasteiger charge is -2.35. The number of nitrogens with one attached hydrogen (secondary N) is 1. The summed E-state index contributed by atoms with van der Waals surface area (Å²) in [6, 6.07) is 9.95. The first kappa shape index (κ1) is 21.4. The summed E-state index contributed by atoms with van der Waals surface area (Å²) in [5, 5.41) is 3.01. The van der Waals surface area contributed by atoms with Crippen LogP contribution in [0.5, 0.6) is 0 Å². The Balaban J connectivity index is 1.78. The van der Waals surface area contributed by atoms with Crippen molar-refractivity contribution in [3.63, 3.8) is 0 Å². The first-order valence-corrected chi connectivity index (χ1v) is 10.3. The van der Waals surface area contributed by atoms with Crippen LogP contribution in [0.25, 0.3) is 0 Å². The van der Waals surface area contributed by atoms with Crippen LogP contribution in [0.2, 0.25) is 0 Å². The lowest BCUT2D eigenvalue weighted by atomic mass is 10.0. The minimum absolute atomic E-state index is 0.00353. The predicted molar refractivity (Wildman–Crippen MR) is 109 cm³/mol. The molecule has 5 heteroatoms. The number of carbonyl (C=O) groups is 2. The fourth-order valence-corrected chi connectivity index (χ4v) is 3.47. The van der Waals surface area contributed by atoms with Gasteiger partial charge in [-0.1, -0.05) is 44.2 Å². The minimum atomic E-state index is -0.393. The van der Waals surface area contributed by atoms with Crippen molar-refractivity contribution in [2.24, 2.45) is 5.92 Å². The molecule has 1 atom stereocenters. The number of hydrogen-bond donors (Lipinski definition) is 1. The van der Waals surface area contributed by atoms with Crippen LogP contribution in [-0.4, -0.2) is 60.9 Å². The summed E-state index contributed by atoms with van der Waals surface area (Å²) in [5.41, 5.74) is 1.31. The van der Waals surface area contributed by atoms with E-state index in [1.54, 1.807) is 0 Å². The molecule has 1 aliphatic heterocycles. The summed E-state index contributed by atoms with van der Waals surface area (Å²) in [6.45, 7) is 7.47. The van der Waals surface area contributed by atoms with Gasteiger partial charge in [-0.05, 0) is 44.2 Å². The lowest BCUT2D eigenvalue weighted by molar-refractivity contribution is -0.138. The van der Waals surface area contributed by atoms with Crippen LogP contribution in [0.3, 0.4) is 0 Å². The molecule has 1 saturated heterocycles. The topological polar surface area (TPSA) is 52.7 Å². The molecule has 1 fully saturated rings. The van der Waals surface area contributed by atoms with E-state index in [0.29, 0.717) is 18.8 Å². The molecule has 2 rings (SSSR count). The zero-order chi connectivity index (χ0) is 19.6. The van der Waals surface area contributed by atoms with E-state index in [9.17, 15) is 9.59 Å². The van der Waals surface area contributed by atoms with Gasteiger partial charge in [0.25, 0.3) is 0 Å². The first-order valence-electron chi connectivity index (χ1n) is 10.3. The average molecular weight is 374 g/mol. The second-order valence-electron chi connectivity index (χ2n) is 8.07. The molecular formula is C22H35N3O2. The van der Waals surface area contributed by atoms with Crippen molar-refractivity contribution >= 4 is 11.8 Å². The number of aryl methyl sites for hydroxylation is 1. The van der Waals surface area contributed by atoms with Crippen molar-refractivity contribution in [2.45, 2.75) is 52.0 Å². The minimum Gasteiger partial charge on any atom is -0.344 e. The number of benzene rings is 1. The largest absolute Gasteiger partial charge is 0.344 e. The fourth-order valence-electron chi connectivity index (χ4n) is 3.47. The van der Waals surface area contributed by atoms with Gasteiger partial charge >= 0.3 is 0 Å². The van der Waals surface area contributed by atoms with Gasteiger partial charge in [-0.25, -0.2) is 0 Å². The van der Waals surface area contributed by atoms with E-state index >= 15 is 0 Å². The highest BCUT2D eigenvalue weighted by Crippen LogP contribution is 2.11. The molecule has 150 valence electrons. The molecule has 0 radical (unpaired) electrons. The maximum absolute atomic E-state index is 12.9.